The van der Waals surface area contributed by atoms with Crippen molar-refractivity contribution in [2.75, 3.05) is 5.32 Å². The van der Waals surface area contributed by atoms with E-state index in [1.54, 1.807) is 30.3 Å². The predicted molar refractivity (Wildman–Crippen MR) is 71.5 cm³/mol. The fraction of sp³-hybridized carbons (Fsp3) is 0.133. The van der Waals surface area contributed by atoms with Gasteiger partial charge in [-0.25, -0.2) is 4.39 Å². The Morgan fingerprint density at radius 2 is 1.68 bits per heavy atom. The topological polar surface area (TPSA) is 49.3 Å². The van der Waals surface area contributed by atoms with Gasteiger partial charge in [0.1, 0.15) is 5.82 Å². The number of carbonyl (C=O) groups is 1. The second-order valence-electron chi connectivity index (χ2n) is 4.22. The van der Waals surface area contributed by atoms with E-state index in [1.807, 2.05) is 12.1 Å². The molecular formula is C15H14FNO2. The molecule has 0 aliphatic rings. The monoisotopic (exact) mass is 259 g/mol. The van der Waals surface area contributed by atoms with Crippen molar-refractivity contribution in [1.29, 1.82) is 0 Å². The van der Waals surface area contributed by atoms with Crippen LogP contribution in [0.4, 0.5) is 10.1 Å². The van der Waals surface area contributed by atoms with Crippen molar-refractivity contribution in [3.63, 3.8) is 0 Å². The minimum absolute atomic E-state index is 0.0149. The fourth-order valence-electron chi connectivity index (χ4n) is 1.75. The number of hydrogen-bond donors (Lipinski definition) is 2. The lowest BCUT2D eigenvalue weighted by atomic mass is 10.1. The summed E-state index contributed by atoms with van der Waals surface area (Å²) in [5.74, 6) is -1.14. The molecule has 0 spiro atoms. The first-order valence-electron chi connectivity index (χ1n) is 5.93. The van der Waals surface area contributed by atoms with Gasteiger partial charge in [-0.05, 0) is 23.3 Å². The lowest BCUT2D eigenvalue weighted by Crippen LogP contribution is -2.03. The van der Waals surface area contributed by atoms with E-state index >= 15 is 0 Å². The number of benzene rings is 2. The van der Waals surface area contributed by atoms with Crippen molar-refractivity contribution < 1.29 is 14.3 Å². The highest BCUT2D eigenvalue weighted by Gasteiger charge is 2.02. The number of anilines is 1. The first kappa shape index (κ1) is 13.1. The Morgan fingerprint density at radius 1 is 1.05 bits per heavy atom. The van der Waals surface area contributed by atoms with Crippen LogP contribution < -0.4 is 5.32 Å². The SMILES string of the molecule is O=C(O)Cc1ccc(CNc2ccccc2F)cc1. The zero-order valence-corrected chi connectivity index (χ0v) is 10.3. The molecule has 0 aliphatic carbocycles. The number of aliphatic carboxylic acids is 1. The fourth-order valence-corrected chi connectivity index (χ4v) is 1.75. The van der Waals surface area contributed by atoms with Gasteiger partial charge in [0, 0.05) is 6.54 Å². The van der Waals surface area contributed by atoms with Crippen molar-refractivity contribution in [2.24, 2.45) is 0 Å². The van der Waals surface area contributed by atoms with Gasteiger partial charge in [-0.3, -0.25) is 4.79 Å². The van der Waals surface area contributed by atoms with E-state index in [9.17, 15) is 9.18 Å². The summed E-state index contributed by atoms with van der Waals surface area (Å²) < 4.78 is 13.4. The molecule has 4 heteroatoms. The van der Waals surface area contributed by atoms with Crippen LogP contribution in [0.2, 0.25) is 0 Å². The summed E-state index contributed by atoms with van der Waals surface area (Å²) in [6.45, 7) is 0.494. The minimum Gasteiger partial charge on any atom is -0.481 e. The maximum atomic E-state index is 13.4. The Morgan fingerprint density at radius 3 is 2.32 bits per heavy atom. The third-order valence-corrected chi connectivity index (χ3v) is 2.74. The van der Waals surface area contributed by atoms with Crippen LogP contribution in [0.15, 0.2) is 48.5 Å². The van der Waals surface area contributed by atoms with Gasteiger partial charge in [0.2, 0.25) is 0 Å². The molecule has 2 N–H and O–H groups in total. The van der Waals surface area contributed by atoms with Gasteiger partial charge in [-0.15, -0.1) is 0 Å². The summed E-state index contributed by atoms with van der Waals surface area (Å²) in [5, 5.41) is 11.7. The highest BCUT2D eigenvalue weighted by Crippen LogP contribution is 2.14. The molecule has 0 unspecified atom stereocenters. The molecular weight excluding hydrogens is 245 g/mol. The largest absolute Gasteiger partial charge is 0.481 e. The molecule has 0 fully saturated rings. The standard InChI is InChI=1S/C15H14FNO2/c16-13-3-1-2-4-14(13)17-10-12-7-5-11(6-8-12)9-15(18)19/h1-8,17H,9-10H2,(H,18,19). The maximum absolute atomic E-state index is 13.4. The third kappa shape index (κ3) is 3.81. The lowest BCUT2D eigenvalue weighted by molar-refractivity contribution is -0.136. The zero-order valence-electron chi connectivity index (χ0n) is 10.3. The average molecular weight is 259 g/mol. The molecule has 2 aromatic rings. The number of para-hydroxylation sites is 1. The molecule has 0 atom stereocenters. The Bertz CT molecular complexity index is 567. The van der Waals surface area contributed by atoms with Gasteiger partial charge >= 0.3 is 5.97 Å². The average Bonchev–Trinajstić information content (AvgIpc) is 2.39. The van der Waals surface area contributed by atoms with Gasteiger partial charge in [0.25, 0.3) is 0 Å². The van der Waals surface area contributed by atoms with E-state index < -0.39 is 5.97 Å². The quantitative estimate of drug-likeness (QED) is 0.867. The summed E-state index contributed by atoms with van der Waals surface area (Å²) in [7, 11) is 0. The summed E-state index contributed by atoms with van der Waals surface area (Å²) in [4.78, 5) is 10.5. The van der Waals surface area contributed by atoms with Crippen LogP contribution in [-0.4, -0.2) is 11.1 Å². The highest BCUT2D eigenvalue weighted by atomic mass is 19.1. The van der Waals surface area contributed by atoms with E-state index in [1.165, 1.54) is 6.07 Å². The Balaban J connectivity index is 1.97. The van der Waals surface area contributed by atoms with Crippen LogP contribution in [0.5, 0.6) is 0 Å². The molecule has 0 aromatic heterocycles. The summed E-state index contributed by atoms with van der Waals surface area (Å²) in [5.41, 5.74) is 2.18. The first-order valence-corrected chi connectivity index (χ1v) is 5.93. The molecule has 0 saturated heterocycles. The van der Waals surface area contributed by atoms with E-state index in [0.717, 1.165) is 11.1 Å². The van der Waals surface area contributed by atoms with Gasteiger partial charge in [-0.2, -0.15) is 0 Å². The smallest absolute Gasteiger partial charge is 0.307 e. The van der Waals surface area contributed by atoms with Gasteiger partial charge < -0.3 is 10.4 Å². The van der Waals surface area contributed by atoms with Crippen LogP contribution in [0.25, 0.3) is 0 Å². The Kier molecular flexibility index (Phi) is 4.13. The summed E-state index contributed by atoms with van der Waals surface area (Å²) in [6.07, 6.45) is 0.0149. The Hall–Kier alpha value is -2.36. The van der Waals surface area contributed by atoms with Gasteiger partial charge in [0.05, 0.1) is 12.1 Å². The van der Waals surface area contributed by atoms with Crippen molar-refractivity contribution in [2.45, 2.75) is 13.0 Å². The van der Waals surface area contributed by atoms with E-state index in [0.29, 0.717) is 12.2 Å². The van der Waals surface area contributed by atoms with E-state index in [2.05, 4.69) is 5.32 Å². The zero-order chi connectivity index (χ0) is 13.7. The van der Waals surface area contributed by atoms with Gasteiger partial charge in [-0.1, -0.05) is 36.4 Å². The van der Waals surface area contributed by atoms with Crippen molar-refractivity contribution in [3.8, 4) is 0 Å². The molecule has 2 aromatic carbocycles. The van der Waals surface area contributed by atoms with Crippen molar-refractivity contribution in [1.82, 2.24) is 0 Å². The van der Waals surface area contributed by atoms with E-state index in [4.69, 9.17) is 5.11 Å². The lowest BCUT2D eigenvalue weighted by Gasteiger charge is -2.08. The number of hydrogen-bond acceptors (Lipinski definition) is 2. The second kappa shape index (κ2) is 6.00. The molecule has 0 radical (unpaired) electrons. The third-order valence-electron chi connectivity index (χ3n) is 2.74. The molecule has 3 nitrogen and oxygen atoms in total. The van der Waals surface area contributed by atoms with Crippen LogP contribution in [-0.2, 0) is 17.8 Å². The molecule has 2 rings (SSSR count). The highest BCUT2D eigenvalue weighted by molar-refractivity contribution is 5.70. The molecule has 0 heterocycles. The summed E-state index contributed by atoms with van der Waals surface area (Å²) in [6, 6.07) is 13.7. The first-order chi connectivity index (χ1) is 9.15. The number of carboxylic acid groups (broad SMARTS) is 1. The van der Waals surface area contributed by atoms with Gasteiger partial charge in [0.15, 0.2) is 0 Å². The molecule has 0 aliphatic heterocycles. The number of nitrogens with one attached hydrogen (secondary N) is 1. The molecule has 0 saturated carbocycles. The molecule has 0 bridgehead atoms. The van der Waals surface area contributed by atoms with Crippen molar-refractivity contribution in [3.05, 3.63) is 65.5 Å². The second-order valence-corrected chi connectivity index (χ2v) is 4.22. The predicted octanol–water partition coefficient (Wildman–Crippen LogP) is 3.06. The van der Waals surface area contributed by atoms with Crippen LogP contribution in [0, 0.1) is 5.82 Å². The van der Waals surface area contributed by atoms with Crippen molar-refractivity contribution >= 4 is 11.7 Å². The Labute approximate surface area is 110 Å². The minimum atomic E-state index is -0.850. The number of carboxylic acids is 1. The number of rotatable bonds is 5. The summed E-state index contributed by atoms with van der Waals surface area (Å²) >= 11 is 0. The van der Waals surface area contributed by atoms with Crippen LogP contribution in [0.3, 0.4) is 0 Å². The molecule has 19 heavy (non-hydrogen) atoms. The molecule has 0 amide bonds. The maximum Gasteiger partial charge on any atom is 0.307 e. The van der Waals surface area contributed by atoms with Crippen LogP contribution >= 0.6 is 0 Å². The van der Waals surface area contributed by atoms with Crippen LogP contribution in [0.1, 0.15) is 11.1 Å². The van der Waals surface area contributed by atoms with E-state index in [-0.39, 0.29) is 12.2 Å². The number of halogens is 1. The molecule has 98 valence electrons. The normalized spacial score (nSPS) is 10.2.